The number of nitrogens with zero attached hydrogens (tertiary/aromatic N) is 5. The van der Waals surface area contributed by atoms with E-state index >= 15 is 0 Å². The van der Waals surface area contributed by atoms with E-state index in [1.165, 1.54) is 0 Å². The van der Waals surface area contributed by atoms with Crippen LogP contribution in [0.3, 0.4) is 0 Å². The van der Waals surface area contributed by atoms with E-state index in [0.717, 1.165) is 27.9 Å². The summed E-state index contributed by atoms with van der Waals surface area (Å²) < 4.78 is 4.07. The number of aromatic nitrogens is 6. The van der Waals surface area contributed by atoms with Crippen molar-refractivity contribution < 1.29 is 0 Å². The Morgan fingerprint density at radius 2 is 1.96 bits per heavy atom. The van der Waals surface area contributed by atoms with Crippen LogP contribution in [0.25, 0.3) is 27.8 Å². The van der Waals surface area contributed by atoms with Gasteiger partial charge in [-0.05, 0) is 30.3 Å². The number of fused-ring (bicyclic) bond motifs is 4. The Hall–Kier alpha value is -3.35. The van der Waals surface area contributed by atoms with Crippen molar-refractivity contribution in [3.8, 4) is 0 Å². The minimum Gasteiger partial charge on any atom is -0.399 e. The van der Waals surface area contributed by atoms with Gasteiger partial charge >= 0.3 is 0 Å². The van der Waals surface area contributed by atoms with Crippen LogP contribution in [0, 0.1) is 0 Å². The lowest BCUT2D eigenvalue weighted by atomic mass is 10.3. The molecule has 5 aromatic rings. The van der Waals surface area contributed by atoms with Crippen LogP contribution in [-0.4, -0.2) is 29.1 Å². The van der Waals surface area contributed by atoms with Gasteiger partial charge in [0.05, 0.1) is 34.9 Å². The molecule has 0 aliphatic carbocycles. The molecule has 0 aliphatic rings. The van der Waals surface area contributed by atoms with Gasteiger partial charge in [0, 0.05) is 5.69 Å². The maximum atomic E-state index is 5.92. The van der Waals surface area contributed by atoms with Gasteiger partial charge in [-0.25, -0.2) is 15.1 Å². The predicted molar refractivity (Wildman–Crippen MR) is 88.1 cm³/mol. The van der Waals surface area contributed by atoms with Crippen LogP contribution in [0.4, 0.5) is 5.69 Å². The summed E-state index contributed by atoms with van der Waals surface area (Å²) in [6.07, 6.45) is 1.83. The number of hydrogen-bond acceptors (Lipinski definition) is 4. The number of para-hydroxylation sites is 2. The van der Waals surface area contributed by atoms with Gasteiger partial charge in [-0.2, -0.15) is 5.10 Å². The molecule has 112 valence electrons. The maximum Gasteiger partial charge on any atom is 0.230 e. The molecule has 0 aliphatic heterocycles. The number of benzene rings is 2. The summed E-state index contributed by atoms with van der Waals surface area (Å²) in [4.78, 5) is 8.96. The molecule has 2 aromatic carbocycles. The lowest BCUT2D eigenvalue weighted by Crippen LogP contribution is -2.03. The van der Waals surface area contributed by atoms with Gasteiger partial charge in [0.15, 0.2) is 5.82 Å². The molecule has 23 heavy (non-hydrogen) atoms. The molecular formula is C16H13N7. The molecule has 5 rings (SSSR count). The Morgan fingerprint density at radius 3 is 2.91 bits per heavy atom. The van der Waals surface area contributed by atoms with E-state index < -0.39 is 0 Å². The SMILES string of the molecule is Nc1ccc2nc3[nH]nc(Cn4cnc5ccccc54)n3c2c1. The highest BCUT2D eigenvalue weighted by molar-refractivity contribution is 5.82. The molecule has 0 saturated heterocycles. The molecule has 0 unspecified atom stereocenters. The topological polar surface area (TPSA) is 89.8 Å². The highest BCUT2D eigenvalue weighted by Gasteiger charge is 2.13. The van der Waals surface area contributed by atoms with E-state index in [1.54, 1.807) is 0 Å². The second-order valence-electron chi connectivity index (χ2n) is 5.52. The molecule has 0 spiro atoms. The van der Waals surface area contributed by atoms with Crippen LogP contribution in [0.15, 0.2) is 48.8 Å². The van der Waals surface area contributed by atoms with Crippen molar-refractivity contribution in [3.63, 3.8) is 0 Å². The Kier molecular flexibility index (Phi) is 2.30. The summed E-state index contributed by atoms with van der Waals surface area (Å²) in [5.74, 6) is 1.57. The van der Waals surface area contributed by atoms with Gasteiger partial charge in [-0.1, -0.05) is 12.1 Å². The molecule has 0 saturated carbocycles. The molecule has 3 N–H and O–H groups in total. The summed E-state index contributed by atoms with van der Waals surface area (Å²) in [6, 6.07) is 13.7. The van der Waals surface area contributed by atoms with Crippen LogP contribution in [0.5, 0.6) is 0 Å². The van der Waals surface area contributed by atoms with Gasteiger partial charge < -0.3 is 10.3 Å². The van der Waals surface area contributed by atoms with E-state index in [0.29, 0.717) is 18.0 Å². The Morgan fingerprint density at radius 1 is 1.04 bits per heavy atom. The lowest BCUT2D eigenvalue weighted by Gasteiger charge is -2.03. The fourth-order valence-electron chi connectivity index (χ4n) is 2.99. The second kappa shape index (κ2) is 4.33. The number of hydrogen-bond donors (Lipinski definition) is 2. The zero-order chi connectivity index (χ0) is 15.4. The normalized spacial score (nSPS) is 11.8. The minimum absolute atomic E-state index is 0.598. The van der Waals surface area contributed by atoms with Crippen LogP contribution in [0.1, 0.15) is 5.82 Å². The van der Waals surface area contributed by atoms with Crippen molar-refractivity contribution in [2.75, 3.05) is 5.73 Å². The number of nitrogens with two attached hydrogens (primary N) is 1. The maximum absolute atomic E-state index is 5.92. The smallest absolute Gasteiger partial charge is 0.230 e. The summed E-state index contributed by atoms with van der Waals surface area (Å²) in [5.41, 5.74) is 10.5. The Labute approximate surface area is 130 Å². The van der Waals surface area contributed by atoms with Crippen molar-refractivity contribution in [2.45, 2.75) is 6.54 Å². The first-order valence-electron chi connectivity index (χ1n) is 7.30. The largest absolute Gasteiger partial charge is 0.399 e. The molecule has 3 heterocycles. The number of nitrogen functional groups attached to an aromatic ring is 1. The van der Waals surface area contributed by atoms with Crippen LogP contribution >= 0.6 is 0 Å². The fraction of sp³-hybridized carbons (Fsp3) is 0.0625. The third-order valence-electron chi connectivity index (χ3n) is 4.06. The van der Waals surface area contributed by atoms with Crippen LogP contribution < -0.4 is 5.73 Å². The summed E-state index contributed by atoms with van der Waals surface area (Å²) in [5, 5.41) is 7.39. The van der Waals surface area contributed by atoms with Crippen molar-refractivity contribution >= 4 is 33.5 Å². The number of rotatable bonds is 2. The summed E-state index contributed by atoms with van der Waals surface area (Å²) >= 11 is 0. The monoisotopic (exact) mass is 303 g/mol. The minimum atomic E-state index is 0.598. The first-order valence-corrected chi connectivity index (χ1v) is 7.30. The molecule has 3 aromatic heterocycles. The van der Waals surface area contributed by atoms with Gasteiger partial charge in [-0.15, -0.1) is 0 Å². The lowest BCUT2D eigenvalue weighted by molar-refractivity contribution is 0.757. The van der Waals surface area contributed by atoms with E-state index in [9.17, 15) is 0 Å². The fourth-order valence-corrected chi connectivity index (χ4v) is 2.99. The van der Waals surface area contributed by atoms with E-state index in [-0.39, 0.29) is 0 Å². The van der Waals surface area contributed by atoms with E-state index in [4.69, 9.17) is 5.73 Å². The molecule has 0 fully saturated rings. The molecule has 7 heteroatoms. The van der Waals surface area contributed by atoms with Gasteiger partial charge in [0.2, 0.25) is 5.78 Å². The zero-order valence-electron chi connectivity index (χ0n) is 12.1. The van der Waals surface area contributed by atoms with Crippen molar-refractivity contribution in [1.82, 2.24) is 29.1 Å². The molecule has 0 bridgehead atoms. The Bertz CT molecular complexity index is 1160. The van der Waals surface area contributed by atoms with E-state index in [2.05, 4.69) is 30.8 Å². The van der Waals surface area contributed by atoms with Crippen molar-refractivity contribution in [1.29, 1.82) is 0 Å². The van der Waals surface area contributed by atoms with Crippen LogP contribution in [0.2, 0.25) is 0 Å². The van der Waals surface area contributed by atoms with E-state index in [1.807, 2.05) is 47.1 Å². The third kappa shape index (κ3) is 1.73. The number of nitrogens with one attached hydrogen (secondary N) is 1. The number of aromatic amines is 1. The standard InChI is InChI=1S/C16H13N7/c17-10-5-6-12-14(7-10)23-15(20-21-16(23)19-12)8-22-9-18-11-3-1-2-4-13(11)22/h1-7,9H,8,17H2,(H,19,21). The van der Waals surface area contributed by atoms with Gasteiger partial charge in [0.25, 0.3) is 0 Å². The molecular weight excluding hydrogens is 290 g/mol. The quantitative estimate of drug-likeness (QED) is 0.489. The molecule has 0 amide bonds. The number of anilines is 1. The average molecular weight is 303 g/mol. The third-order valence-corrected chi connectivity index (χ3v) is 4.06. The number of H-pyrrole nitrogens is 1. The van der Waals surface area contributed by atoms with Crippen LogP contribution in [-0.2, 0) is 6.54 Å². The first-order chi connectivity index (χ1) is 11.3. The molecule has 0 radical (unpaired) electrons. The van der Waals surface area contributed by atoms with Crippen molar-refractivity contribution in [3.05, 3.63) is 54.6 Å². The summed E-state index contributed by atoms with van der Waals surface area (Å²) in [6.45, 7) is 0.598. The van der Waals surface area contributed by atoms with Gasteiger partial charge in [0.1, 0.15) is 0 Å². The van der Waals surface area contributed by atoms with Gasteiger partial charge in [-0.3, -0.25) is 4.40 Å². The second-order valence-corrected chi connectivity index (χ2v) is 5.52. The zero-order valence-corrected chi connectivity index (χ0v) is 12.1. The molecule has 7 nitrogen and oxygen atoms in total. The Balaban J connectivity index is 1.71. The summed E-state index contributed by atoms with van der Waals surface area (Å²) in [7, 11) is 0. The first kappa shape index (κ1) is 12.2. The predicted octanol–water partition coefficient (Wildman–Crippen LogP) is 2.19. The van der Waals surface area contributed by atoms with Crippen molar-refractivity contribution in [2.24, 2.45) is 0 Å². The molecule has 0 atom stereocenters. The number of imidazole rings is 2. The highest BCUT2D eigenvalue weighted by Crippen LogP contribution is 2.21. The average Bonchev–Trinajstić information content (AvgIpc) is 3.23. The highest BCUT2D eigenvalue weighted by atomic mass is 15.3.